The fourth-order valence-corrected chi connectivity index (χ4v) is 2.14. The van der Waals surface area contributed by atoms with Crippen molar-refractivity contribution < 1.29 is 4.79 Å². The molecule has 0 aromatic heterocycles. The van der Waals surface area contributed by atoms with E-state index in [9.17, 15) is 4.79 Å². The summed E-state index contributed by atoms with van der Waals surface area (Å²) in [6, 6.07) is 4.98. The molecule has 0 bridgehead atoms. The highest BCUT2D eigenvalue weighted by Gasteiger charge is 2.14. The molecule has 0 aliphatic carbocycles. The Labute approximate surface area is 119 Å². The molecule has 1 aromatic rings. The summed E-state index contributed by atoms with van der Waals surface area (Å²) in [5.74, 6) is -0.183. The average molecular weight is 284 g/mol. The van der Waals surface area contributed by atoms with Gasteiger partial charge in [0.1, 0.15) is 0 Å². The van der Waals surface area contributed by atoms with E-state index in [1.165, 1.54) is 0 Å². The number of carbonyl (C=O) groups is 1. The van der Waals surface area contributed by atoms with E-state index in [1.54, 1.807) is 18.2 Å². The fourth-order valence-electron chi connectivity index (χ4n) is 1.93. The summed E-state index contributed by atoms with van der Waals surface area (Å²) >= 11 is 6.01. The van der Waals surface area contributed by atoms with Crippen LogP contribution < -0.4 is 11.1 Å². The lowest BCUT2D eigenvalue weighted by atomic mass is 10.1. The first-order valence-corrected chi connectivity index (χ1v) is 6.93. The van der Waals surface area contributed by atoms with Crippen LogP contribution in [0, 0.1) is 0 Å². The molecule has 5 heteroatoms. The van der Waals surface area contributed by atoms with Crippen molar-refractivity contribution in [2.45, 2.75) is 26.8 Å². The lowest BCUT2D eigenvalue weighted by molar-refractivity contribution is 0.0930. The van der Waals surface area contributed by atoms with Crippen molar-refractivity contribution in [3.05, 3.63) is 28.8 Å². The number of likely N-dealkylation sites (N-methyl/N-ethyl adjacent to an activating group) is 1. The second kappa shape index (κ2) is 7.36. The number of anilines is 1. The van der Waals surface area contributed by atoms with Gasteiger partial charge in [-0.05, 0) is 38.2 Å². The Balaban J connectivity index is 2.66. The van der Waals surface area contributed by atoms with E-state index in [0.29, 0.717) is 16.3 Å². The van der Waals surface area contributed by atoms with E-state index < -0.39 is 0 Å². The Morgan fingerprint density at radius 2 is 2.05 bits per heavy atom. The molecule has 0 spiro atoms. The first-order chi connectivity index (χ1) is 8.97. The van der Waals surface area contributed by atoms with E-state index in [1.807, 2.05) is 6.92 Å². The quantitative estimate of drug-likeness (QED) is 0.788. The first kappa shape index (κ1) is 15.8. The fraction of sp³-hybridized carbons (Fsp3) is 0.500. The molecule has 1 aromatic carbocycles. The zero-order valence-corrected chi connectivity index (χ0v) is 12.5. The molecular weight excluding hydrogens is 262 g/mol. The number of carbonyl (C=O) groups excluding carboxylic acids is 1. The van der Waals surface area contributed by atoms with Gasteiger partial charge < -0.3 is 16.0 Å². The van der Waals surface area contributed by atoms with E-state index in [0.717, 1.165) is 19.6 Å². The molecule has 3 N–H and O–H groups in total. The second-order valence-corrected chi connectivity index (χ2v) is 5.01. The van der Waals surface area contributed by atoms with Crippen LogP contribution in [0.1, 0.15) is 31.1 Å². The van der Waals surface area contributed by atoms with Gasteiger partial charge in [0.15, 0.2) is 0 Å². The number of benzene rings is 1. The van der Waals surface area contributed by atoms with Crippen LogP contribution in [-0.2, 0) is 0 Å². The molecule has 1 unspecified atom stereocenters. The highest BCUT2D eigenvalue weighted by Crippen LogP contribution is 2.18. The smallest absolute Gasteiger partial charge is 0.253 e. The van der Waals surface area contributed by atoms with Crippen LogP contribution in [0.25, 0.3) is 0 Å². The van der Waals surface area contributed by atoms with Crippen molar-refractivity contribution in [3.8, 4) is 0 Å². The summed E-state index contributed by atoms with van der Waals surface area (Å²) in [6.07, 6.45) is 0. The Morgan fingerprint density at radius 3 is 2.63 bits per heavy atom. The van der Waals surface area contributed by atoms with Crippen molar-refractivity contribution in [1.29, 1.82) is 0 Å². The number of rotatable bonds is 6. The maximum Gasteiger partial charge on any atom is 0.253 e. The van der Waals surface area contributed by atoms with Gasteiger partial charge in [0.25, 0.3) is 5.91 Å². The number of halogens is 1. The van der Waals surface area contributed by atoms with Gasteiger partial charge in [-0.2, -0.15) is 0 Å². The van der Waals surface area contributed by atoms with E-state index in [2.05, 4.69) is 24.1 Å². The molecule has 1 rings (SSSR count). The number of hydrogen-bond donors (Lipinski definition) is 2. The zero-order valence-electron chi connectivity index (χ0n) is 11.7. The van der Waals surface area contributed by atoms with Crippen molar-refractivity contribution in [2.24, 2.45) is 0 Å². The minimum Gasteiger partial charge on any atom is -0.399 e. The molecule has 1 atom stereocenters. The van der Waals surface area contributed by atoms with E-state index in [-0.39, 0.29) is 11.9 Å². The van der Waals surface area contributed by atoms with Crippen molar-refractivity contribution in [1.82, 2.24) is 10.2 Å². The topological polar surface area (TPSA) is 58.4 Å². The first-order valence-electron chi connectivity index (χ1n) is 6.56. The largest absolute Gasteiger partial charge is 0.399 e. The van der Waals surface area contributed by atoms with Crippen LogP contribution in [0.3, 0.4) is 0 Å². The normalized spacial score (nSPS) is 12.5. The summed E-state index contributed by atoms with van der Waals surface area (Å²) < 4.78 is 0. The standard InChI is InChI=1S/C14H22ClN3O/c1-4-18(5-2)9-10(3)17-14(19)12-8-11(16)6-7-13(12)15/h6-8,10H,4-5,9,16H2,1-3H3,(H,17,19). The second-order valence-electron chi connectivity index (χ2n) is 4.60. The number of nitrogens with zero attached hydrogens (tertiary/aromatic N) is 1. The van der Waals surface area contributed by atoms with Crippen LogP contribution in [0.4, 0.5) is 5.69 Å². The molecule has 4 nitrogen and oxygen atoms in total. The van der Waals surface area contributed by atoms with Gasteiger partial charge in [-0.3, -0.25) is 4.79 Å². The number of nitrogen functional groups attached to an aromatic ring is 1. The van der Waals surface area contributed by atoms with Crippen molar-refractivity contribution >= 4 is 23.2 Å². The highest BCUT2D eigenvalue weighted by atomic mass is 35.5. The third-order valence-electron chi connectivity index (χ3n) is 3.04. The van der Waals surface area contributed by atoms with Gasteiger partial charge in [-0.25, -0.2) is 0 Å². The Hall–Kier alpha value is -1.26. The molecule has 0 radical (unpaired) electrons. The minimum atomic E-state index is -0.183. The Morgan fingerprint density at radius 1 is 1.42 bits per heavy atom. The van der Waals surface area contributed by atoms with Gasteiger partial charge in [0.2, 0.25) is 0 Å². The molecule has 0 heterocycles. The number of hydrogen-bond acceptors (Lipinski definition) is 3. The molecule has 0 aliphatic heterocycles. The molecule has 1 amide bonds. The molecule has 0 saturated heterocycles. The Kier molecular flexibility index (Phi) is 6.12. The molecule has 19 heavy (non-hydrogen) atoms. The minimum absolute atomic E-state index is 0.0601. The summed E-state index contributed by atoms with van der Waals surface area (Å²) in [6.45, 7) is 8.94. The van der Waals surface area contributed by atoms with Gasteiger partial charge >= 0.3 is 0 Å². The summed E-state index contributed by atoms with van der Waals surface area (Å²) in [7, 11) is 0. The summed E-state index contributed by atoms with van der Waals surface area (Å²) in [4.78, 5) is 14.4. The van der Waals surface area contributed by atoms with Crippen LogP contribution in [0.15, 0.2) is 18.2 Å². The van der Waals surface area contributed by atoms with Gasteiger partial charge in [-0.1, -0.05) is 25.4 Å². The highest BCUT2D eigenvalue weighted by molar-refractivity contribution is 6.34. The predicted octanol–water partition coefficient (Wildman–Crippen LogP) is 2.38. The van der Waals surface area contributed by atoms with E-state index >= 15 is 0 Å². The van der Waals surface area contributed by atoms with Crippen LogP contribution in [0.2, 0.25) is 5.02 Å². The van der Waals surface area contributed by atoms with Crippen molar-refractivity contribution in [2.75, 3.05) is 25.4 Å². The molecule has 0 saturated carbocycles. The molecule has 106 valence electrons. The Bertz CT molecular complexity index is 433. The number of nitrogens with two attached hydrogens (primary N) is 1. The van der Waals surface area contributed by atoms with Crippen molar-refractivity contribution in [3.63, 3.8) is 0 Å². The maximum atomic E-state index is 12.1. The van der Waals surface area contributed by atoms with Gasteiger partial charge in [0.05, 0.1) is 10.6 Å². The zero-order chi connectivity index (χ0) is 14.4. The lowest BCUT2D eigenvalue weighted by Crippen LogP contribution is -2.42. The van der Waals surface area contributed by atoms with Gasteiger partial charge in [-0.15, -0.1) is 0 Å². The summed E-state index contributed by atoms with van der Waals surface area (Å²) in [5.41, 5.74) is 6.63. The van der Waals surface area contributed by atoms with Crippen LogP contribution in [0.5, 0.6) is 0 Å². The molecule has 0 aliphatic rings. The van der Waals surface area contributed by atoms with Crippen LogP contribution >= 0.6 is 11.6 Å². The average Bonchev–Trinajstić information content (AvgIpc) is 2.38. The SMILES string of the molecule is CCN(CC)CC(C)NC(=O)c1cc(N)ccc1Cl. The third-order valence-corrected chi connectivity index (χ3v) is 3.37. The monoisotopic (exact) mass is 283 g/mol. The lowest BCUT2D eigenvalue weighted by Gasteiger charge is -2.23. The van der Waals surface area contributed by atoms with E-state index in [4.69, 9.17) is 17.3 Å². The molecule has 0 fully saturated rings. The van der Waals surface area contributed by atoms with Gasteiger partial charge in [0, 0.05) is 18.3 Å². The number of amides is 1. The third kappa shape index (κ3) is 4.73. The summed E-state index contributed by atoms with van der Waals surface area (Å²) in [5, 5.41) is 3.36. The maximum absolute atomic E-state index is 12.1. The number of nitrogens with one attached hydrogen (secondary N) is 1. The predicted molar refractivity (Wildman–Crippen MR) is 80.6 cm³/mol. The molecular formula is C14H22ClN3O. The van der Waals surface area contributed by atoms with Crippen LogP contribution in [-0.4, -0.2) is 36.5 Å².